The second kappa shape index (κ2) is 2.20. The Morgan fingerprint density at radius 1 is 1.62 bits per heavy atom. The molecule has 4 nitrogen and oxygen atoms in total. The molecule has 42 valence electrons. The molecular formula is C4H6N4. The molecule has 1 aromatic heterocycles. The van der Waals surface area contributed by atoms with E-state index in [0.29, 0.717) is 5.82 Å². The highest BCUT2D eigenvalue weighted by atomic mass is 15.5. The van der Waals surface area contributed by atoms with Crippen molar-refractivity contribution in [3.63, 3.8) is 0 Å². The third kappa shape index (κ3) is 0.900. The Bertz CT molecular complexity index is 164. The van der Waals surface area contributed by atoms with Gasteiger partial charge < -0.3 is 0 Å². The molecule has 0 unspecified atom stereocenters. The van der Waals surface area contributed by atoms with Gasteiger partial charge in [0.25, 0.3) is 0 Å². The predicted octanol–water partition coefficient (Wildman–Crippen LogP) is 0.233. The number of rotatable bonds is 1. The molecule has 0 fully saturated rings. The van der Waals surface area contributed by atoms with Crippen molar-refractivity contribution in [3.05, 3.63) is 11.9 Å². The molecule has 0 bridgehead atoms. The van der Waals surface area contributed by atoms with Gasteiger partial charge in [0.05, 0.1) is 0 Å². The molecule has 0 aliphatic carbocycles. The van der Waals surface area contributed by atoms with Gasteiger partial charge in [-0.05, 0) is 23.4 Å². The van der Waals surface area contributed by atoms with Gasteiger partial charge in [0, 0.05) is 0 Å². The molecule has 1 N–H and O–H groups in total. The van der Waals surface area contributed by atoms with Crippen LogP contribution in [0.3, 0.4) is 0 Å². The van der Waals surface area contributed by atoms with E-state index >= 15 is 0 Å². The fourth-order valence-corrected chi connectivity index (χ4v) is 0.395. The largest absolute Gasteiger partial charge is 0.239 e. The first-order chi connectivity index (χ1) is 3.93. The van der Waals surface area contributed by atoms with Crippen molar-refractivity contribution >= 4 is 6.08 Å². The van der Waals surface area contributed by atoms with Gasteiger partial charge in [-0.15, -0.1) is 5.10 Å². The van der Waals surface area contributed by atoms with E-state index < -0.39 is 0 Å². The molecule has 0 spiro atoms. The van der Waals surface area contributed by atoms with Crippen molar-refractivity contribution in [2.24, 2.45) is 0 Å². The third-order valence-electron chi connectivity index (χ3n) is 0.686. The van der Waals surface area contributed by atoms with Gasteiger partial charge >= 0.3 is 0 Å². The Morgan fingerprint density at radius 2 is 2.50 bits per heavy atom. The first-order valence-electron chi connectivity index (χ1n) is 2.30. The normalized spacial score (nSPS) is 10.6. The molecule has 0 aromatic carbocycles. The minimum atomic E-state index is 0.688. The molecule has 1 rings (SSSR count). The molecular weight excluding hydrogens is 104 g/mol. The summed E-state index contributed by atoms with van der Waals surface area (Å²) in [5.74, 6) is 0.688. The lowest BCUT2D eigenvalue weighted by atomic mass is 10.5. The second-order valence-corrected chi connectivity index (χ2v) is 1.29. The number of hydrogen-bond donors (Lipinski definition) is 1. The highest BCUT2D eigenvalue weighted by Gasteiger charge is 1.83. The first-order valence-corrected chi connectivity index (χ1v) is 2.30. The van der Waals surface area contributed by atoms with Crippen LogP contribution in [-0.4, -0.2) is 20.6 Å². The summed E-state index contributed by atoms with van der Waals surface area (Å²) in [7, 11) is 0. The van der Waals surface area contributed by atoms with Gasteiger partial charge in [0.15, 0.2) is 5.82 Å². The minimum absolute atomic E-state index is 0.688. The smallest absolute Gasteiger partial charge is 0.171 e. The topological polar surface area (TPSA) is 54.5 Å². The fraction of sp³-hybridized carbons (Fsp3) is 0.250. The van der Waals surface area contributed by atoms with E-state index in [2.05, 4.69) is 20.6 Å². The Balaban J connectivity index is 2.77. The summed E-state index contributed by atoms with van der Waals surface area (Å²) in [5, 5.41) is 12.9. The van der Waals surface area contributed by atoms with Crippen molar-refractivity contribution in [2.45, 2.75) is 6.92 Å². The molecule has 0 saturated carbocycles. The van der Waals surface area contributed by atoms with Gasteiger partial charge in [-0.25, -0.2) is 5.10 Å². The maximum Gasteiger partial charge on any atom is 0.171 e. The van der Waals surface area contributed by atoms with Crippen LogP contribution >= 0.6 is 0 Å². The summed E-state index contributed by atoms with van der Waals surface area (Å²) in [5.41, 5.74) is 0. The average molecular weight is 110 g/mol. The van der Waals surface area contributed by atoms with Crippen molar-refractivity contribution < 1.29 is 0 Å². The lowest BCUT2D eigenvalue weighted by molar-refractivity contribution is 0.881. The summed E-state index contributed by atoms with van der Waals surface area (Å²) < 4.78 is 0. The molecule has 1 aromatic rings. The van der Waals surface area contributed by atoms with Crippen LogP contribution in [0.25, 0.3) is 6.08 Å². The lowest BCUT2D eigenvalue weighted by Gasteiger charge is -1.71. The maximum atomic E-state index is 3.60. The monoisotopic (exact) mass is 110 g/mol. The van der Waals surface area contributed by atoms with E-state index in [1.807, 2.05) is 13.0 Å². The van der Waals surface area contributed by atoms with E-state index in [9.17, 15) is 0 Å². The zero-order valence-electron chi connectivity index (χ0n) is 4.50. The van der Waals surface area contributed by atoms with Crippen molar-refractivity contribution in [2.75, 3.05) is 0 Å². The predicted molar refractivity (Wildman–Crippen MR) is 28.9 cm³/mol. The molecule has 4 heteroatoms. The van der Waals surface area contributed by atoms with Crippen LogP contribution in [0.15, 0.2) is 6.08 Å². The maximum absolute atomic E-state index is 3.60. The van der Waals surface area contributed by atoms with Gasteiger partial charge in [0.1, 0.15) is 0 Å². The molecule has 0 amide bonds. The van der Waals surface area contributed by atoms with Crippen molar-refractivity contribution in [1.29, 1.82) is 0 Å². The van der Waals surface area contributed by atoms with Crippen LogP contribution in [0, 0.1) is 0 Å². The van der Waals surface area contributed by atoms with Gasteiger partial charge in [0.2, 0.25) is 0 Å². The van der Waals surface area contributed by atoms with Crippen molar-refractivity contribution in [3.8, 4) is 0 Å². The van der Waals surface area contributed by atoms with Gasteiger partial charge in [-0.2, -0.15) is 0 Å². The molecule has 0 saturated heterocycles. The number of nitrogens with one attached hydrogen (secondary N) is 1. The third-order valence-corrected chi connectivity index (χ3v) is 0.686. The van der Waals surface area contributed by atoms with Crippen molar-refractivity contribution in [1.82, 2.24) is 20.6 Å². The quantitative estimate of drug-likeness (QED) is 0.563. The highest BCUT2D eigenvalue weighted by Crippen LogP contribution is 1.84. The van der Waals surface area contributed by atoms with Crippen LogP contribution in [-0.2, 0) is 0 Å². The first kappa shape index (κ1) is 4.96. The molecule has 0 radical (unpaired) electrons. The molecule has 0 aliphatic rings. The minimum Gasteiger partial charge on any atom is -0.239 e. The zero-order valence-corrected chi connectivity index (χ0v) is 4.50. The number of H-pyrrole nitrogens is 1. The van der Waals surface area contributed by atoms with Gasteiger partial charge in [-0.3, -0.25) is 0 Å². The van der Waals surface area contributed by atoms with Crippen LogP contribution in [0.1, 0.15) is 12.7 Å². The number of aromatic amines is 1. The molecule has 0 aliphatic heterocycles. The summed E-state index contributed by atoms with van der Waals surface area (Å²) in [6.45, 7) is 1.91. The standard InChI is InChI=1S/C4H6N4/c1-2-3-4-5-7-8-6-4/h2-3H,1H3,(H,5,6,7,8). The van der Waals surface area contributed by atoms with Crippen LogP contribution in [0.2, 0.25) is 0 Å². The Labute approximate surface area is 46.6 Å². The summed E-state index contributed by atoms with van der Waals surface area (Å²) in [6.07, 6.45) is 3.65. The molecule has 8 heavy (non-hydrogen) atoms. The number of aromatic nitrogens is 4. The van der Waals surface area contributed by atoms with E-state index in [-0.39, 0.29) is 0 Å². The molecule has 0 atom stereocenters. The number of allylic oxidation sites excluding steroid dienone is 1. The highest BCUT2D eigenvalue weighted by molar-refractivity contribution is 5.36. The van der Waals surface area contributed by atoms with Crippen LogP contribution in [0.4, 0.5) is 0 Å². The second-order valence-electron chi connectivity index (χ2n) is 1.29. The zero-order chi connectivity index (χ0) is 5.82. The van der Waals surface area contributed by atoms with Crippen LogP contribution < -0.4 is 0 Å². The van der Waals surface area contributed by atoms with Crippen LogP contribution in [0.5, 0.6) is 0 Å². The summed E-state index contributed by atoms with van der Waals surface area (Å²) >= 11 is 0. The fourth-order valence-electron chi connectivity index (χ4n) is 0.395. The SMILES string of the molecule is CC=Cc1nnn[nH]1. The lowest BCUT2D eigenvalue weighted by Crippen LogP contribution is -1.71. The van der Waals surface area contributed by atoms with E-state index in [0.717, 1.165) is 0 Å². The number of nitrogens with zero attached hydrogens (tertiary/aromatic N) is 3. The van der Waals surface area contributed by atoms with E-state index in [1.54, 1.807) is 6.08 Å². The molecule has 1 heterocycles. The summed E-state index contributed by atoms with van der Waals surface area (Å²) in [4.78, 5) is 0. The Morgan fingerprint density at radius 3 is 3.00 bits per heavy atom. The number of tetrazole rings is 1. The Kier molecular flexibility index (Phi) is 1.37. The average Bonchev–Trinajstić information content (AvgIpc) is 2.19. The van der Waals surface area contributed by atoms with Gasteiger partial charge in [-0.1, -0.05) is 6.08 Å². The van der Waals surface area contributed by atoms with E-state index in [4.69, 9.17) is 0 Å². The summed E-state index contributed by atoms with van der Waals surface area (Å²) in [6, 6.07) is 0. The Hall–Kier alpha value is -1.19. The number of hydrogen-bond acceptors (Lipinski definition) is 3. The van der Waals surface area contributed by atoms with E-state index in [1.165, 1.54) is 0 Å².